The highest BCUT2D eigenvalue weighted by atomic mass is 16.2. The molecule has 0 spiro atoms. The minimum Gasteiger partial charge on any atom is -0.341 e. The van der Waals surface area contributed by atoms with Crippen LogP contribution in [0.4, 0.5) is 4.79 Å². The fourth-order valence-corrected chi connectivity index (χ4v) is 5.42. The average molecular weight is 620 g/mol. The van der Waals surface area contributed by atoms with Crippen molar-refractivity contribution in [2.45, 2.75) is 45.7 Å². The first-order chi connectivity index (χ1) is 22.5. The summed E-state index contributed by atoms with van der Waals surface area (Å²) in [5, 5.41) is 6.47. The van der Waals surface area contributed by atoms with Gasteiger partial charge in [-0.2, -0.15) is 5.10 Å². The lowest BCUT2D eigenvalue weighted by Gasteiger charge is -2.36. The van der Waals surface area contributed by atoms with Gasteiger partial charge in [-0.1, -0.05) is 73.7 Å². The minimum absolute atomic E-state index is 0.0611. The number of rotatable bonds is 8. The number of hydrazine groups is 1. The van der Waals surface area contributed by atoms with Gasteiger partial charge in [-0.05, 0) is 49.9 Å². The summed E-state index contributed by atoms with van der Waals surface area (Å²) in [4.78, 5) is 26.6. The first kappa shape index (κ1) is 33.8. The third kappa shape index (κ3) is 8.35. The number of aromatic nitrogens is 2. The summed E-state index contributed by atoms with van der Waals surface area (Å²) in [5.74, 6) is 11.5. The number of benzene rings is 3. The zero-order chi connectivity index (χ0) is 32.9. The lowest BCUT2D eigenvalue weighted by Crippen LogP contribution is -2.47. The van der Waals surface area contributed by atoms with Crippen molar-refractivity contribution in [2.24, 2.45) is 16.8 Å². The molecule has 240 valence electrons. The highest BCUT2D eigenvalue weighted by Crippen LogP contribution is 2.32. The molecule has 0 saturated carbocycles. The zero-order valence-corrected chi connectivity index (χ0v) is 27.0. The highest BCUT2D eigenvalue weighted by Gasteiger charge is 2.26. The Morgan fingerprint density at radius 3 is 2.22 bits per heavy atom. The lowest BCUT2D eigenvalue weighted by atomic mass is 10.0. The second-order valence-electron chi connectivity index (χ2n) is 11.0. The molecule has 1 saturated heterocycles. The van der Waals surface area contributed by atoms with Gasteiger partial charge in [-0.3, -0.25) is 9.80 Å². The molecule has 4 aromatic rings. The number of carbonyl (C=O) groups is 1. The first-order valence-corrected chi connectivity index (χ1v) is 15.6. The number of nitrogens with two attached hydrogens (primary N) is 2. The first-order valence-electron chi connectivity index (χ1n) is 15.6. The van der Waals surface area contributed by atoms with Gasteiger partial charge < -0.3 is 16.6 Å². The maximum absolute atomic E-state index is 12.3. The predicted octanol–water partition coefficient (Wildman–Crippen LogP) is 5.77. The summed E-state index contributed by atoms with van der Waals surface area (Å²) < 4.78 is 0. The summed E-state index contributed by atoms with van der Waals surface area (Å²) in [5.41, 5.74) is 9.54. The van der Waals surface area contributed by atoms with Crippen LogP contribution in [0.25, 0.3) is 33.5 Å². The van der Waals surface area contributed by atoms with Crippen molar-refractivity contribution < 1.29 is 4.79 Å². The van der Waals surface area contributed by atoms with Gasteiger partial charge in [0.15, 0.2) is 5.84 Å². The van der Waals surface area contributed by atoms with Gasteiger partial charge in [0.1, 0.15) is 0 Å². The molecular formula is C36H45N9O. The maximum atomic E-state index is 12.3. The number of nitrogens with zero attached hydrogens (tertiary/aromatic N) is 5. The van der Waals surface area contributed by atoms with Crippen LogP contribution in [0.1, 0.15) is 44.2 Å². The SMILES string of the molecule is C/C=C/N(C(=O)NC)C1CCN(Cc2ccc(-c3nc4cc(/C(=N/N)NN)ccc4nc3-c3ccccc3)cc2)CC1.C=CCC. The number of hydrogen-bond acceptors (Lipinski definition) is 7. The fraction of sp³-hybridized carbons (Fsp3) is 0.278. The molecule has 46 heavy (non-hydrogen) atoms. The molecule has 1 aliphatic heterocycles. The summed E-state index contributed by atoms with van der Waals surface area (Å²) >= 11 is 0. The van der Waals surface area contributed by atoms with Crippen LogP contribution in [0.2, 0.25) is 0 Å². The van der Waals surface area contributed by atoms with E-state index in [2.05, 4.69) is 58.5 Å². The molecule has 0 bridgehead atoms. The van der Waals surface area contributed by atoms with Gasteiger partial charge in [-0.25, -0.2) is 20.6 Å². The number of hydrogen-bond donors (Lipinski definition) is 4. The predicted molar refractivity (Wildman–Crippen MR) is 188 cm³/mol. The number of urea groups is 1. The molecule has 3 aromatic carbocycles. The monoisotopic (exact) mass is 619 g/mol. The number of nitrogens with one attached hydrogen (secondary N) is 2. The van der Waals surface area contributed by atoms with E-state index in [0.29, 0.717) is 11.4 Å². The lowest BCUT2D eigenvalue weighted by molar-refractivity contribution is 0.141. The molecular weight excluding hydrogens is 574 g/mol. The topological polar surface area (TPSA) is 138 Å². The number of amidine groups is 1. The molecule has 0 radical (unpaired) electrons. The Bertz CT molecular complexity index is 1640. The van der Waals surface area contributed by atoms with Crippen molar-refractivity contribution in [3.8, 4) is 22.5 Å². The third-order valence-corrected chi connectivity index (χ3v) is 7.88. The van der Waals surface area contributed by atoms with Crippen LogP contribution in [0.3, 0.4) is 0 Å². The Hall–Kier alpha value is -5.06. The summed E-state index contributed by atoms with van der Waals surface area (Å²) in [6, 6.07) is 24.4. The Morgan fingerprint density at radius 2 is 1.65 bits per heavy atom. The van der Waals surface area contributed by atoms with Crippen LogP contribution in [0, 0.1) is 0 Å². The van der Waals surface area contributed by atoms with Crippen molar-refractivity contribution in [1.82, 2.24) is 30.5 Å². The van der Waals surface area contributed by atoms with E-state index in [1.54, 1.807) is 7.05 Å². The zero-order valence-electron chi connectivity index (χ0n) is 27.0. The van der Waals surface area contributed by atoms with Crippen molar-refractivity contribution in [3.05, 3.63) is 109 Å². The molecule has 5 rings (SSSR count). The maximum Gasteiger partial charge on any atom is 0.321 e. The van der Waals surface area contributed by atoms with Crippen LogP contribution in [-0.2, 0) is 6.54 Å². The minimum atomic E-state index is -0.0611. The van der Waals surface area contributed by atoms with Crippen molar-refractivity contribution in [2.75, 3.05) is 20.1 Å². The Balaban J connectivity index is 0.00000113. The molecule has 0 unspecified atom stereocenters. The van der Waals surface area contributed by atoms with Crippen LogP contribution >= 0.6 is 0 Å². The summed E-state index contributed by atoms with van der Waals surface area (Å²) in [6.07, 6.45) is 8.61. The van der Waals surface area contributed by atoms with E-state index in [1.165, 1.54) is 5.56 Å². The highest BCUT2D eigenvalue weighted by molar-refractivity contribution is 6.01. The van der Waals surface area contributed by atoms with Gasteiger partial charge in [0.05, 0.1) is 22.4 Å². The van der Waals surface area contributed by atoms with Crippen molar-refractivity contribution >= 4 is 22.9 Å². The van der Waals surface area contributed by atoms with Gasteiger partial charge in [-0.15, -0.1) is 6.58 Å². The van der Waals surface area contributed by atoms with Crippen LogP contribution in [0.5, 0.6) is 0 Å². The second kappa shape index (κ2) is 16.9. The number of piperidine rings is 1. The molecule has 1 fully saturated rings. The third-order valence-electron chi connectivity index (χ3n) is 7.88. The summed E-state index contributed by atoms with van der Waals surface area (Å²) in [7, 11) is 1.67. The van der Waals surface area contributed by atoms with Crippen molar-refractivity contribution in [1.29, 1.82) is 0 Å². The van der Waals surface area contributed by atoms with E-state index in [1.807, 2.05) is 78.7 Å². The summed E-state index contributed by atoms with van der Waals surface area (Å²) in [6.45, 7) is 10.2. The quantitative estimate of drug-likeness (QED) is 0.0646. The van der Waals surface area contributed by atoms with Crippen LogP contribution in [0.15, 0.2) is 103 Å². The number of hydrazone groups is 1. The van der Waals surface area contributed by atoms with Crippen molar-refractivity contribution in [3.63, 3.8) is 0 Å². The Kier molecular flexibility index (Phi) is 12.4. The second-order valence-corrected chi connectivity index (χ2v) is 11.0. The number of amides is 2. The van der Waals surface area contributed by atoms with E-state index < -0.39 is 0 Å². The van der Waals surface area contributed by atoms with E-state index in [0.717, 1.165) is 72.5 Å². The largest absolute Gasteiger partial charge is 0.341 e. The molecule has 1 aliphatic rings. The fourth-order valence-electron chi connectivity index (χ4n) is 5.42. The molecule has 0 atom stereocenters. The van der Waals surface area contributed by atoms with Crippen LogP contribution < -0.4 is 22.4 Å². The molecule has 1 aromatic heterocycles. The van der Waals surface area contributed by atoms with Gasteiger partial charge in [0.25, 0.3) is 0 Å². The number of carbonyl (C=O) groups excluding carboxylic acids is 1. The molecule has 10 nitrogen and oxygen atoms in total. The van der Waals surface area contributed by atoms with E-state index in [9.17, 15) is 4.79 Å². The standard InChI is InChI=1S/C32H37N9O.C4H8/c1-3-17-41(32(42)35-2)26-15-18-40(19-16-26)21-22-9-11-24(12-10-22)30-29(23-7-5-4-6-8-23)36-27-14-13-25(20-28(27)37-30)31(38-33)39-34;1-3-4-2/h3-14,17,20,26H,15-16,18-19,21,33-34H2,1-2H3,(H,35,42)(H,38,39);3H,1,4H2,2H3/b17-3+;. The Morgan fingerprint density at radius 1 is 1.02 bits per heavy atom. The van der Waals surface area contributed by atoms with Gasteiger partial charge in [0, 0.05) is 55.6 Å². The van der Waals surface area contributed by atoms with E-state index >= 15 is 0 Å². The molecule has 10 heteroatoms. The molecule has 6 N–H and O–H groups in total. The molecule has 0 aliphatic carbocycles. The number of fused-ring (bicyclic) bond motifs is 1. The van der Waals surface area contributed by atoms with Gasteiger partial charge >= 0.3 is 6.03 Å². The molecule has 2 amide bonds. The number of likely N-dealkylation sites (tertiary alicyclic amines) is 1. The van der Waals surface area contributed by atoms with Crippen LogP contribution in [-0.4, -0.2) is 57.8 Å². The molecule has 2 heterocycles. The smallest absolute Gasteiger partial charge is 0.321 e. The number of allylic oxidation sites excluding steroid dienone is 2. The van der Waals surface area contributed by atoms with E-state index in [4.69, 9.17) is 21.7 Å². The van der Waals surface area contributed by atoms with E-state index in [-0.39, 0.29) is 12.1 Å². The Labute approximate surface area is 271 Å². The van der Waals surface area contributed by atoms with Gasteiger partial charge in [0.2, 0.25) is 0 Å². The average Bonchev–Trinajstić information content (AvgIpc) is 3.11. The normalized spacial score (nSPS) is 14.0.